The van der Waals surface area contributed by atoms with Gasteiger partial charge >= 0.3 is 0 Å². The number of aryl methyl sites for hydroxylation is 5. The normalized spacial score (nSPS) is 11.7. The molecule has 0 atom stereocenters. The fourth-order valence-corrected chi connectivity index (χ4v) is 7.01. The van der Waals surface area contributed by atoms with Crippen molar-refractivity contribution in [2.75, 3.05) is 0 Å². The lowest BCUT2D eigenvalue weighted by Gasteiger charge is -2.16. The van der Waals surface area contributed by atoms with Crippen molar-refractivity contribution in [1.29, 1.82) is 0 Å². The monoisotopic (exact) mass is 608 g/mol. The lowest BCUT2D eigenvalue weighted by Crippen LogP contribution is -2.01. The molecule has 0 radical (unpaired) electrons. The molecule has 4 heterocycles. The van der Waals surface area contributed by atoms with E-state index in [0.717, 1.165) is 85.1 Å². The third-order valence-electron chi connectivity index (χ3n) is 9.59. The zero-order valence-electron chi connectivity index (χ0n) is 27.5. The minimum absolute atomic E-state index is 0.727. The van der Waals surface area contributed by atoms with Crippen molar-refractivity contribution in [3.8, 4) is 22.8 Å². The number of aromatic nitrogens is 4. The van der Waals surface area contributed by atoms with Crippen molar-refractivity contribution < 1.29 is 0 Å². The Morgan fingerprint density at radius 2 is 0.809 bits per heavy atom. The zero-order chi connectivity index (χ0) is 32.2. The van der Waals surface area contributed by atoms with Crippen LogP contribution in [0.1, 0.15) is 45.9 Å². The van der Waals surface area contributed by atoms with E-state index in [0.29, 0.717) is 0 Å². The van der Waals surface area contributed by atoms with E-state index >= 15 is 0 Å². The number of hydrogen-bond acceptors (Lipinski definition) is 4. The maximum atomic E-state index is 5.25. The first-order chi connectivity index (χ1) is 22.9. The van der Waals surface area contributed by atoms with Gasteiger partial charge in [-0.3, -0.25) is 0 Å². The van der Waals surface area contributed by atoms with Crippen LogP contribution in [0.3, 0.4) is 0 Å². The van der Waals surface area contributed by atoms with Crippen LogP contribution in [0.15, 0.2) is 103 Å². The van der Waals surface area contributed by atoms with E-state index in [1.54, 1.807) is 0 Å². The van der Waals surface area contributed by atoms with Crippen LogP contribution in [0.5, 0.6) is 0 Å². The fraction of sp³-hybridized carbons (Fsp3) is 0.163. The number of fused-ring (bicyclic) bond motifs is 4. The molecule has 8 aromatic rings. The predicted octanol–water partition coefficient (Wildman–Crippen LogP) is 10.6. The van der Waals surface area contributed by atoms with Gasteiger partial charge in [-0.05, 0) is 104 Å². The van der Waals surface area contributed by atoms with Gasteiger partial charge in [-0.1, -0.05) is 85.8 Å². The molecule has 0 saturated carbocycles. The Bertz CT molecular complexity index is 2530. The third kappa shape index (κ3) is 5.01. The summed E-state index contributed by atoms with van der Waals surface area (Å²) in [4.78, 5) is 20.8. The smallest absolute Gasteiger partial charge is 0.0897 e. The summed E-state index contributed by atoms with van der Waals surface area (Å²) in [6, 6.07) is 36.7. The summed E-state index contributed by atoms with van der Waals surface area (Å²) >= 11 is 0. The van der Waals surface area contributed by atoms with E-state index in [2.05, 4.69) is 138 Å². The van der Waals surface area contributed by atoms with E-state index in [1.165, 1.54) is 33.0 Å². The van der Waals surface area contributed by atoms with Crippen molar-refractivity contribution in [2.24, 2.45) is 0 Å². The first kappa shape index (κ1) is 29.0. The Balaban J connectivity index is 1.34. The second-order valence-electron chi connectivity index (χ2n) is 12.8. The lowest BCUT2D eigenvalue weighted by molar-refractivity contribution is 1.14. The first-order valence-electron chi connectivity index (χ1n) is 16.4. The van der Waals surface area contributed by atoms with Crippen LogP contribution in [0.4, 0.5) is 0 Å². The van der Waals surface area contributed by atoms with Crippen LogP contribution in [-0.2, 0) is 12.8 Å². The van der Waals surface area contributed by atoms with E-state index in [-0.39, 0.29) is 0 Å². The summed E-state index contributed by atoms with van der Waals surface area (Å²) in [6.45, 7) is 10.8. The molecule has 4 aromatic carbocycles. The maximum absolute atomic E-state index is 5.25. The minimum Gasteiger partial charge on any atom is -0.246 e. The van der Waals surface area contributed by atoms with Gasteiger partial charge in [-0.25, -0.2) is 19.9 Å². The van der Waals surface area contributed by atoms with E-state index < -0.39 is 0 Å². The number of nitrogens with zero attached hydrogens (tertiary/aromatic N) is 4. The molecule has 0 bridgehead atoms. The zero-order valence-corrected chi connectivity index (χ0v) is 27.5. The Labute approximate surface area is 275 Å². The Morgan fingerprint density at radius 3 is 1.32 bits per heavy atom. The van der Waals surface area contributed by atoms with E-state index in [1.807, 2.05) is 0 Å². The number of pyridine rings is 4. The van der Waals surface area contributed by atoms with Crippen LogP contribution < -0.4 is 0 Å². The Morgan fingerprint density at radius 1 is 0.404 bits per heavy atom. The standard InChI is InChI=1S/C43H36N4/c1-6-29-22-38(46-41-26(3)12-8-16-33(29)41)39-24-32(35-18-10-14-28(5)43(35)47-39)21-31-23-37(45-42-27(4)13-9-17-34(31)42)36-20-19-30-15-7-11-25(2)40(30)44-36/h7-20,22-24H,6,21H2,1-5H3. The highest BCUT2D eigenvalue weighted by atomic mass is 14.8. The average Bonchev–Trinajstić information content (AvgIpc) is 3.09. The van der Waals surface area contributed by atoms with Gasteiger partial charge in [0.05, 0.1) is 44.8 Å². The summed E-state index contributed by atoms with van der Waals surface area (Å²) in [5.74, 6) is 0. The molecule has 0 saturated heterocycles. The quantitative estimate of drug-likeness (QED) is 0.195. The molecule has 228 valence electrons. The second kappa shape index (κ2) is 11.4. The molecule has 8 rings (SSSR count). The van der Waals surface area contributed by atoms with E-state index in [9.17, 15) is 0 Å². The van der Waals surface area contributed by atoms with Crippen LogP contribution in [0.2, 0.25) is 0 Å². The van der Waals surface area contributed by atoms with Gasteiger partial charge in [0, 0.05) is 21.5 Å². The van der Waals surface area contributed by atoms with Gasteiger partial charge in [0.2, 0.25) is 0 Å². The molecular formula is C43H36N4. The molecule has 0 aliphatic rings. The van der Waals surface area contributed by atoms with Crippen LogP contribution in [0, 0.1) is 27.7 Å². The number of benzene rings is 4. The van der Waals surface area contributed by atoms with Gasteiger partial charge in [0.15, 0.2) is 0 Å². The highest BCUT2D eigenvalue weighted by Gasteiger charge is 2.17. The van der Waals surface area contributed by atoms with Crippen molar-refractivity contribution in [1.82, 2.24) is 19.9 Å². The van der Waals surface area contributed by atoms with Crippen LogP contribution >= 0.6 is 0 Å². The van der Waals surface area contributed by atoms with Gasteiger partial charge < -0.3 is 0 Å². The predicted molar refractivity (Wildman–Crippen MR) is 196 cm³/mol. The van der Waals surface area contributed by atoms with Gasteiger partial charge in [0.25, 0.3) is 0 Å². The molecule has 4 nitrogen and oxygen atoms in total. The van der Waals surface area contributed by atoms with Crippen molar-refractivity contribution >= 4 is 43.6 Å². The molecule has 4 aromatic heterocycles. The molecule has 0 unspecified atom stereocenters. The SMILES string of the molecule is CCc1cc(-c2cc(Cc3cc(-c4ccc5cccc(C)c5n4)nc4c(C)cccc34)c3cccc(C)c3n2)nc2c(C)cccc12. The summed E-state index contributed by atoms with van der Waals surface area (Å²) in [5, 5.41) is 4.69. The molecule has 0 aliphatic heterocycles. The largest absolute Gasteiger partial charge is 0.246 e. The number of para-hydroxylation sites is 4. The topological polar surface area (TPSA) is 51.6 Å². The van der Waals surface area contributed by atoms with Crippen LogP contribution in [0.25, 0.3) is 66.4 Å². The minimum atomic E-state index is 0.727. The van der Waals surface area contributed by atoms with Gasteiger partial charge in [0.1, 0.15) is 0 Å². The second-order valence-corrected chi connectivity index (χ2v) is 12.8. The molecular weight excluding hydrogens is 573 g/mol. The van der Waals surface area contributed by atoms with Crippen molar-refractivity contribution in [3.05, 3.63) is 142 Å². The highest BCUT2D eigenvalue weighted by molar-refractivity contribution is 5.93. The summed E-state index contributed by atoms with van der Waals surface area (Å²) in [7, 11) is 0. The lowest BCUT2D eigenvalue weighted by atomic mass is 9.94. The van der Waals surface area contributed by atoms with E-state index in [4.69, 9.17) is 19.9 Å². The van der Waals surface area contributed by atoms with Crippen LogP contribution in [-0.4, -0.2) is 19.9 Å². The molecule has 0 spiro atoms. The average molecular weight is 609 g/mol. The molecule has 4 heteroatoms. The van der Waals surface area contributed by atoms with Crippen molar-refractivity contribution in [3.63, 3.8) is 0 Å². The number of hydrogen-bond donors (Lipinski definition) is 0. The molecule has 0 fully saturated rings. The van der Waals surface area contributed by atoms with Gasteiger partial charge in [-0.15, -0.1) is 0 Å². The summed E-state index contributed by atoms with van der Waals surface area (Å²) in [6.07, 6.45) is 1.66. The maximum Gasteiger partial charge on any atom is 0.0897 e. The summed E-state index contributed by atoms with van der Waals surface area (Å²) < 4.78 is 0. The Kier molecular flexibility index (Phi) is 7.02. The van der Waals surface area contributed by atoms with Crippen molar-refractivity contribution in [2.45, 2.75) is 47.5 Å². The molecule has 0 amide bonds. The van der Waals surface area contributed by atoms with Gasteiger partial charge in [-0.2, -0.15) is 0 Å². The fourth-order valence-electron chi connectivity index (χ4n) is 7.01. The first-order valence-corrected chi connectivity index (χ1v) is 16.4. The highest BCUT2D eigenvalue weighted by Crippen LogP contribution is 2.34. The third-order valence-corrected chi connectivity index (χ3v) is 9.59. The molecule has 0 aliphatic carbocycles. The summed E-state index contributed by atoms with van der Waals surface area (Å²) in [5.41, 5.74) is 16.1. The number of rotatable bonds is 5. The Hall–Kier alpha value is -5.48. The molecule has 0 N–H and O–H groups in total. The molecule has 47 heavy (non-hydrogen) atoms.